The van der Waals surface area contributed by atoms with Gasteiger partial charge in [-0.2, -0.15) is 0 Å². The highest BCUT2D eigenvalue weighted by Gasteiger charge is 2.28. The maximum absolute atomic E-state index is 12.6. The standard InChI is InChI=1S/C17H9BrO/c18-11-6-8-13-14-7-5-10-3-1-2-4-12(10)16(14)17(19)15(13)9-11/h1-9H. The third-order valence-corrected chi connectivity index (χ3v) is 4.17. The minimum absolute atomic E-state index is 0.128. The predicted molar refractivity (Wildman–Crippen MR) is 80.5 cm³/mol. The van der Waals surface area contributed by atoms with Gasteiger partial charge >= 0.3 is 0 Å². The summed E-state index contributed by atoms with van der Waals surface area (Å²) in [5, 5.41) is 2.15. The molecule has 2 heteroatoms. The van der Waals surface area contributed by atoms with Crippen LogP contribution in [0.3, 0.4) is 0 Å². The Morgan fingerprint density at radius 3 is 2.47 bits per heavy atom. The quantitative estimate of drug-likeness (QED) is 0.455. The summed E-state index contributed by atoms with van der Waals surface area (Å²) in [6.45, 7) is 0. The van der Waals surface area contributed by atoms with Crippen LogP contribution in [0.25, 0.3) is 21.9 Å². The molecule has 0 unspecified atom stereocenters. The van der Waals surface area contributed by atoms with E-state index in [0.29, 0.717) is 0 Å². The summed E-state index contributed by atoms with van der Waals surface area (Å²) < 4.78 is 0.941. The molecule has 19 heavy (non-hydrogen) atoms. The van der Waals surface area contributed by atoms with Crippen molar-refractivity contribution in [1.82, 2.24) is 0 Å². The lowest BCUT2D eigenvalue weighted by Crippen LogP contribution is -1.96. The molecular weight excluding hydrogens is 300 g/mol. The molecule has 0 amide bonds. The maximum Gasteiger partial charge on any atom is 0.194 e. The summed E-state index contributed by atoms with van der Waals surface area (Å²) in [5.74, 6) is 0.128. The number of carbonyl (C=O) groups excluding carboxylic acids is 1. The van der Waals surface area contributed by atoms with E-state index in [0.717, 1.165) is 37.5 Å². The van der Waals surface area contributed by atoms with Gasteiger partial charge in [-0.05, 0) is 34.0 Å². The molecule has 1 aliphatic carbocycles. The number of halogens is 1. The summed E-state index contributed by atoms with van der Waals surface area (Å²) >= 11 is 3.43. The Labute approximate surface area is 119 Å². The molecule has 0 spiro atoms. The largest absolute Gasteiger partial charge is 0.289 e. The van der Waals surface area contributed by atoms with Crippen LogP contribution in [0.2, 0.25) is 0 Å². The van der Waals surface area contributed by atoms with Crippen molar-refractivity contribution in [2.75, 3.05) is 0 Å². The lowest BCUT2D eigenvalue weighted by molar-refractivity contribution is 0.104. The van der Waals surface area contributed by atoms with Crippen LogP contribution in [-0.2, 0) is 0 Å². The molecule has 0 fully saturated rings. The Hall–Kier alpha value is -1.93. The van der Waals surface area contributed by atoms with Crippen LogP contribution in [0.5, 0.6) is 0 Å². The number of hydrogen-bond acceptors (Lipinski definition) is 1. The van der Waals surface area contributed by atoms with E-state index in [1.165, 1.54) is 0 Å². The van der Waals surface area contributed by atoms with Crippen molar-refractivity contribution in [3.8, 4) is 11.1 Å². The zero-order valence-corrected chi connectivity index (χ0v) is 11.6. The van der Waals surface area contributed by atoms with Crippen LogP contribution < -0.4 is 0 Å². The molecule has 0 atom stereocenters. The summed E-state index contributed by atoms with van der Waals surface area (Å²) in [6.07, 6.45) is 0. The third-order valence-electron chi connectivity index (χ3n) is 3.67. The van der Waals surface area contributed by atoms with Crippen LogP contribution >= 0.6 is 15.9 Å². The second kappa shape index (κ2) is 3.78. The average Bonchev–Trinajstić information content (AvgIpc) is 2.72. The highest BCUT2D eigenvalue weighted by Crippen LogP contribution is 2.41. The van der Waals surface area contributed by atoms with Gasteiger partial charge in [-0.1, -0.05) is 58.4 Å². The molecule has 0 aliphatic heterocycles. The normalized spacial score (nSPS) is 12.6. The van der Waals surface area contributed by atoms with Gasteiger partial charge in [0.15, 0.2) is 5.78 Å². The number of rotatable bonds is 0. The van der Waals surface area contributed by atoms with Crippen LogP contribution in [0.15, 0.2) is 59.1 Å². The van der Waals surface area contributed by atoms with E-state index >= 15 is 0 Å². The summed E-state index contributed by atoms with van der Waals surface area (Å²) in [7, 11) is 0. The molecule has 90 valence electrons. The van der Waals surface area contributed by atoms with Crippen molar-refractivity contribution in [3.05, 3.63) is 70.2 Å². The smallest absolute Gasteiger partial charge is 0.194 e. The number of ketones is 1. The molecule has 0 radical (unpaired) electrons. The number of carbonyl (C=O) groups is 1. The topological polar surface area (TPSA) is 17.1 Å². The van der Waals surface area contributed by atoms with E-state index in [2.05, 4.69) is 28.1 Å². The van der Waals surface area contributed by atoms with Gasteiger partial charge in [0, 0.05) is 15.6 Å². The van der Waals surface area contributed by atoms with E-state index in [9.17, 15) is 4.79 Å². The first kappa shape index (κ1) is 10.9. The Morgan fingerprint density at radius 2 is 1.58 bits per heavy atom. The summed E-state index contributed by atoms with van der Waals surface area (Å²) in [5.41, 5.74) is 3.71. The molecule has 0 aromatic heterocycles. The van der Waals surface area contributed by atoms with E-state index in [4.69, 9.17) is 0 Å². The van der Waals surface area contributed by atoms with Gasteiger partial charge in [0.25, 0.3) is 0 Å². The van der Waals surface area contributed by atoms with E-state index in [1.54, 1.807) is 0 Å². The van der Waals surface area contributed by atoms with Crippen molar-refractivity contribution in [3.63, 3.8) is 0 Å². The van der Waals surface area contributed by atoms with Gasteiger partial charge in [-0.15, -0.1) is 0 Å². The second-order valence-electron chi connectivity index (χ2n) is 4.73. The summed E-state index contributed by atoms with van der Waals surface area (Å²) in [4.78, 5) is 12.6. The Morgan fingerprint density at radius 1 is 0.789 bits per heavy atom. The number of hydrogen-bond donors (Lipinski definition) is 0. The fourth-order valence-electron chi connectivity index (χ4n) is 2.81. The molecule has 0 saturated carbocycles. The molecule has 0 heterocycles. The molecular formula is C17H9BrO. The first-order valence-corrected chi connectivity index (χ1v) is 6.91. The SMILES string of the molecule is O=C1c2cc(Br)ccc2-c2ccc3ccccc3c21. The van der Waals surface area contributed by atoms with Crippen LogP contribution in [0.1, 0.15) is 15.9 Å². The van der Waals surface area contributed by atoms with Crippen molar-refractivity contribution in [1.29, 1.82) is 0 Å². The van der Waals surface area contributed by atoms with Gasteiger partial charge in [-0.3, -0.25) is 4.79 Å². The van der Waals surface area contributed by atoms with Crippen LogP contribution in [0, 0.1) is 0 Å². The van der Waals surface area contributed by atoms with E-state index in [1.807, 2.05) is 42.5 Å². The molecule has 1 nitrogen and oxygen atoms in total. The lowest BCUT2D eigenvalue weighted by Gasteiger charge is -2.04. The minimum atomic E-state index is 0.128. The van der Waals surface area contributed by atoms with E-state index < -0.39 is 0 Å². The number of fused-ring (bicyclic) bond motifs is 5. The number of benzene rings is 3. The Bertz CT molecular complexity index is 849. The Balaban J connectivity index is 2.14. The van der Waals surface area contributed by atoms with Gasteiger partial charge in [-0.25, -0.2) is 0 Å². The second-order valence-corrected chi connectivity index (χ2v) is 5.64. The first-order valence-electron chi connectivity index (χ1n) is 6.12. The first-order chi connectivity index (χ1) is 9.25. The highest BCUT2D eigenvalue weighted by molar-refractivity contribution is 9.10. The molecule has 0 bridgehead atoms. The van der Waals surface area contributed by atoms with Gasteiger partial charge in [0.2, 0.25) is 0 Å². The predicted octanol–water partition coefficient (Wildman–Crippen LogP) is 4.81. The van der Waals surface area contributed by atoms with Crippen LogP contribution in [0.4, 0.5) is 0 Å². The van der Waals surface area contributed by atoms with Crippen LogP contribution in [-0.4, -0.2) is 5.78 Å². The molecule has 1 aliphatic rings. The molecule has 3 aromatic rings. The van der Waals surface area contributed by atoms with Gasteiger partial charge in [0.1, 0.15) is 0 Å². The fourth-order valence-corrected chi connectivity index (χ4v) is 3.18. The third kappa shape index (κ3) is 1.44. The van der Waals surface area contributed by atoms with Crippen molar-refractivity contribution >= 4 is 32.5 Å². The zero-order chi connectivity index (χ0) is 13.0. The maximum atomic E-state index is 12.6. The molecule has 0 N–H and O–H groups in total. The Kier molecular flexibility index (Phi) is 2.18. The zero-order valence-electron chi connectivity index (χ0n) is 9.98. The molecule has 0 saturated heterocycles. The van der Waals surface area contributed by atoms with Gasteiger partial charge < -0.3 is 0 Å². The van der Waals surface area contributed by atoms with Gasteiger partial charge in [0.05, 0.1) is 0 Å². The lowest BCUT2D eigenvalue weighted by atomic mass is 9.99. The minimum Gasteiger partial charge on any atom is -0.289 e. The van der Waals surface area contributed by atoms with Crippen molar-refractivity contribution < 1.29 is 4.79 Å². The molecule has 4 rings (SSSR count). The summed E-state index contributed by atoms with van der Waals surface area (Å²) in [6, 6.07) is 18.1. The fraction of sp³-hybridized carbons (Fsp3) is 0. The van der Waals surface area contributed by atoms with Crippen molar-refractivity contribution in [2.45, 2.75) is 0 Å². The van der Waals surface area contributed by atoms with Crippen molar-refractivity contribution in [2.24, 2.45) is 0 Å². The van der Waals surface area contributed by atoms with E-state index in [-0.39, 0.29) is 5.78 Å². The monoisotopic (exact) mass is 308 g/mol. The highest BCUT2D eigenvalue weighted by atomic mass is 79.9. The molecule has 3 aromatic carbocycles. The average molecular weight is 309 g/mol.